The summed E-state index contributed by atoms with van der Waals surface area (Å²) in [5, 5.41) is 4.75. The number of hydrogen-bond donors (Lipinski definition) is 1. The molecule has 3 aromatic rings. The first-order valence-corrected chi connectivity index (χ1v) is 9.87. The quantitative estimate of drug-likeness (QED) is 0.574. The van der Waals surface area contributed by atoms with Crippen molar-refractivity contribution in [2.75, 3.05) is 17.7 Å². The van der Waals surface area contributed by atoms with Crippen molar-refractivity contribution in [3.8, 4) is 17.0 Å². The van der Waals surface area contributed by atoms with Crippen LogP contribution < -0.4 is 10.1 Å². The largest absolute Gasteiger partial charge is 0.494 e. The monoisotopic (exact) mass is 388 g/mol. The van der Waals surface area contributed by atoms with E-state index >= 15 is 0 Å². The van der Waals surface area contributed by atoms with Crippen LogP contribution in [0, 0.1) is 5.82 Å². The molecule has 2 aromatic carbocycles. The van der Waals surface area contributed by atoms with E-state index < -0.39 is 0 Å². The summed E-state index contributed by atoms with van der Waals surface area (Å²) in [4.78, 5) is 16.6. The fraction of sp³-hybridized carbons (Fsp3) is 0.158. The van der Waals surface area contributed by atoms with E-state index in [0.717, 1.165) is 27.0 Å². The summed E-state index contributed by atoms with van der Waals surface area (Å²) in [6, 6.07) is 13.5. The van der Waals surface area contributed by atoms with Gasteiger partial charge in [-0.2, -0.15) is 0 Å². The van der Waals surface area contributed by atoms with Crippen LogP contribution in [0.3, 0.4) is 0 Å². The first-order valence-electron chi connectivity index (χ1n) is 8.01. The van der Waals surface area contributed by atoms with Crippen LogP contribution in [0.5, 0.6) is 5.75 Å². The molecule has 0 saturated carbocycles. The number of carbonyl (C=O) groups excluding carboxylic acids is 1. The van der Waals surface area contributed by atoms with Crippen LogP contribution in [0.4, 0.5) is 10.1 Å². The molecule has 0 aliphatic rings. The lowest BCUT2D eigenvalue weighted by molar-refractivity contribution is -0.113. The van der Waals surface area contributed by atoms with E-state index in [4.69, 9.17) is 4.74 Å². The zero-order valence-corrected chi connectivity index (χ0v) is 15.7. The number of thioether (sulfide) groups is 1. The maximum absolute atomic E-state index is 13.0. The SMILES string of the molecule is CCOc1ccc(NC(=O)CSc2nc(-c3ccc(F)cc3)cs2)cc1. The Labute approximate surface area is 159 Å². The highest BCUT2D eigenvalue weighted by Crippen LogP contribution is 2.28. The minimum absolute atomic E-state index is 0.0994. The molecule has 7 heteroatoms. The zero-order valence-electron chi connectivity index (χ0n) is 14.1. The molecule has 26 heavy (non-hydrogen) atoms. The van der Waals surface area contributed by atoms with E-state index in [2.05, 4.69) is 10.3 Å². The number of benzene rings is 2. The van der Waals surface area contributed by atoms with Crippen LogP contribution in [-0.4, -0.2) is 23.3 Å². The molecule has 1 N–H and O–H groups in total. The molecule has 1 aromatic heterocycles. The predicted octanol–water partition coefficient (Wildman–Crippen LogP) is 5.08. The highest BCUT2D eigenvalue weighted by atomic mass is 32.2. The van der Waals surface area contributed by atoms with Gasteiger partial charge in [0.2, 0.25) is 5.91 Å². The smallest absolute Gasteiger partial charge is 0.234 e. The van der Waals surface area contributed by atoms with Crippen molar-refractivity contribution in [2.24, 2.45) is 0 Å². The van der Waals surface area contributed by atoms with Crippen molar-refractivity contribution in [1.29, 1.82) is 0 Å². The molecule has 4 nitrogen and oxygen atoms in total. The van der Waals surface area contributed by atoms with Gasteiger partial charge in [0, 0.05) is 16.6 Å². The third-order valence-corrected chi connectivity index (χ3v) is 5.42. The number of hydrogen-bond acceptors (Lipinski definition) is 5. The first kappa shape index (κ1) is 18.4. The second-order valence-corrected chi connectivity index (χ2v) is 7.38. The van der Waals surface area contributed by atoms with Gasteiger partial charge in [-0.15, -0.1) is 11.3 Å². The van der Waals surface area contributed by atoms with Gasteiger partial charge in [-0.05, 0) is 55.5 Å². The van der Waals surface area contributed by atoms with E-state index in [1.165, 1.54) is 35.2 Å². The first-order chi connectivity index (χ1) is 12.6. The zero-order chi connectivity index (χ0) is 18.4. The molecule has 1 heterocycles. The molecular weight excluding hydrogens is 371 g/mol. The van der Waals surface area contributed by atoms with E-state index in [1.807, 2.05) is 36.6 Å². The van der Waals surface area contributed by atoms with Crippen molar-refractivity contribution in [3.05, 3.63) is 59.7 Å². The molecule has 0 aliphatic heterocycles. The number of halogens is 1. The molecule has 0 spiro atoms. The van der Waals surface area contributed by atoms with Gasteiger partial charge in [0.15, 0.2) is 4.34 Å². The van der Waals surface area contributed by atoms with Crippen LogP contribution in [0.2, 0.25) is 0 Å². The fourth-order valence-electron chi connectivity index (χ4n) is 2.20. The van der Waals surface area contributed by atoms with Crippen molar-refractivity contribution >= 4 is 34.7 Å². The van der Waals surface area contributed by atoms with Crippen LogP contribution >= 0.6 is 23.1 Å². The number of carbonyl (C=O) groups is 1. The Morgan fingerprint density at radius 3 is 2.62 bits per heavy atom. The summed E-state index contributed by atoms with van der Waals surface area (Å²) >= 11 is 2.84. The van der Waals surface area contributed by atoms with Gasteiger partial charge in [0.25, 0.3) is 0 Å². The Balaban J connectivity index is 1.52. The molecule has 0 fully saturated rings. The molecule has 0 bridgehead atoms. The van der Waals surface area contributed by atoms with E-state index in [1.54, 1.807) is 12.1 Å². The van der Waals surface area contributed by atoms with Crippen LogP contribution in [0.25, 0.3) is 11.3 Å². The molecule has 134 valence electrons. The summed E-state index contributed by atoms with van der Waals surface area (Å²) in [6.07, 6.45) is 0. The Morgan fingerprint density at radius 2 is 1.92 bits per heavy atom. The molecule has 0 saturated heterocycles. The molecule has 1 amide bonds. The minimum atomic E-state index is -0.274. The second kappa shape index (κ2) is 8.82. The molecule has 0 atom stereocenters. The number of nitrogens with one attached hydrogen (secondary N) is 1. The number of rotatable bonds is 7. The van der Waals surface area contributed by atoms with Crippen molar-refractivity contribution in [1.82, 2.24) is 4.98 Å². The van der Waals surface area contributed by atoms with Gasteiger partial charge in [-0.1, -0.05) is 11.8 Å². The van der Waals surface area contributed by atoms with Gasteiger partial charge >= 0.3 is 0 Å². The van der Waals surface area contributed by atoms with Crippen molar-refractivity contribution < 1.29 is 13.9 Å². The lowest BCUT2D eigenvalue weighted by Gasteiger charge is -2.06. The Kier molecular flexibility index (Phi) is 6.25. The summed E-state index contributed by atoms with van der Waals surface area (Å²) in [6.45, 7) is 2.53. The van der Waals surface area contributed by atoms with Gasteiger partial charge in [0.05, 0.1) is 18.1 Å². The minimum Gasteiger partial charge on any atom is -0.494 e. The van der Waals surface area contributed by atoms with Crippen molar-refractivity contribution in [2.45, 2.75) is 11.3 Å². The maximum atomic E-state index is 13.0. The molecule has 0 unspecified atom stereocenters. The fourth-order valence-corrected chi connectivity index (χ4v) is 3.84. The van der Waals surface area contributed by atoms with E-state index in [9.17, 15) is 9.18 Å². The second-order valence-electron chi connectivity index (χ2n) is 5.30. The molecule has 0 radical (unpaired) electrons. The van der Waals surface area contributed by atoms with Gasteiger partial charge in [0.1, 0.15) is 11.6 Å². The summed E-state index contributed by atoms with van der Waals surface area (Å²) in [5.74, 6) is 0.669. The number of aromatic nitrogens is 1. The average Bonchev–Trinajstić information content (AvgIpc) is 3.11. The highest BCUT2D eigenvalue weighted by molar-refractivity contribution is 8.01. The summed E-state index contributed by atoms with van der Waals surface area (Å²) in [7, 11) is 0. The predicted molar refractivity (Wildman–Crippen MR) is 104 cm³/mol. The third-order valence-electron chi connectivity index (χ3n) is 3.40. The van der Waals surface area contributed by atoms with Gasteiger partial charge in [-0.25, -0.2) is 9.37 Å². The Hall–Kier alpha value is -2.38. The number of anilines is 1. The van der Waals surface area contributed by atoms with Crippen LogP contribution in [-0.2, 0) is 4.79 Å². The molecule has 3 rings (SSSR count). The number of amides is 1. The number of ether oxygens (including phenoxy) is 1. The molecular formula is C19H17FN2O2S2. The Bertz CT molecular complexity index is 864. The Morgan fingerprint density at radius 1 is 1.19 bits per heavy atom. The summed E-state index contributed by atoms with van der Waals surface area (Å²) < 4.78 is 19.2. The molecule has 0 aliphatic carbocycles. The van der Waals surface area contributed by atoms with Gasteiger partial charge in [-0.3, -0.25) is 4.79 Å². The third kappa shape index (κ3) is 5.06. The average molecular weight is 388 g/mol. The summed E-state index contributed by atoms with van der Waals surface area (Å²) in [5.41, 5.74) is 2.36. The number of thiazole rings is 1. The lowest BCUT2D eigenvalue weighted by atomic mass is 10.2. The van der Waals surface area contributed by atoms with Gasteiger partial charge < -0.3 is 10.1 Å². The van der Waals surface area contributed by atoms with E-state index in [-0.39, 0.29) is 17.5 Å². The van der Waals surface area contributed by atoms with Crippen LogP contribution in [0.1, 0.15) is 6.92 Å². The maximum Gasteiger partial charge on any atom is 0.234 e. The normalized spacial score (nSPS) is 10.5. The topological polar surface area (TPSA) is 51.2 Å². The van der Waals surface area contributed by atoms with Crippen molar-refractivity contribution in [3.63, 3.8) is 0 Å². The lowest BCUT2D eigenvalue weighted by Crippen LogP contribution is -2.13. The standard InChI is InChI=1S/C19H17FN2O2S2/c1-2-24-16-9-7-15(8-10-16)21-18(23)12-26-19-22-17(11-25-19)13-3-5-14(20)6-4-13/h3-11H,2,12H2,1H3,(H,21,23). The van der Waals surface area contributed by atoms with Crippen LogP contribution in [0.15, 0.2) is 58.3 Å². The highest BCUT2D eigenvalue weighted by Gasteiger charge is 2.09. The number of nitrogens with zero attached hydrogens (tertiary/aromatic N) is 1. The van der Waals surface area contributed by atoms with E-state index in [0.29, 0.717) is 6.61 Å².